The van der Waals surface area contributed by atoms with E-state index < -0.39 is 0 Å². The van der Waals surface area contributed by atoms with Crippen molar-refractivity contribution in [2.24, 2.45) is 5.73 Å². The number of fused-ring (bicyclic) bond motifs is 1. The molecule has 82 valence electrons. The minimum Gasteiger partial charge on any atom is -0.328 e. The van der Waals surface area contributed by atoms with E-state index in [0.717, 1.165) is 12.8 Å². The molecule has 0 saturated heterocycles. The van der Waals surface area contributed by atoms with E-state index in [1.54, 1.807) is 0 Å². The summed E-state index contributed by atoms with van der Waals surface area (Å²) < 4.78 is 0. The van der Waals surface area contributed by atoms with Gasteiger partial charge in [0.2, 0.25) is 0 Å². The average Bonchev–Trinajstić information content (AvgIpc) is 2.75. The van der Waals surface area contributed by atoms with Gasteiger partial charge in [0.1, 0.15) is 0 Å². The minimum atomic E-state index is 0.386. The van der Waals surface area contributed by atoms with Crippen LogP contribution in [0.5, 0.6) is 0 Å². The summed E-state index contributed by atoms with van der Waals surface area (Å²) in [6.07, 6.45) is 7.32. The lowest BCUT2D eigenvalue weighted by atomic mass is 9.93. The first-order valence-electron chi connectivity index (χ1n) is 5.93. The molecule has 0 amide bonds. The highest BCUT2D eigenvalue weighted by Crippen LogP contribution is 2.36. The highest BCUT2D eigenvalue weighted by atomic mass is 14.6. The molecule has 0 radical (unpaired) electrons. The molecule has 2 N–H and O–H groups in total. The molecule has 1 aliphatic carbocycles. The van der Waals surface area contributed by atoms with E-state index in [9.17, 15) is 0 Å². The van der Waals surface area contributed by atoms with Crippen LogP contribution in [0.15, 0.2) is 36.7 Å². The van der Waals surface area contributed by atoms with Crippen LogP contribution in [-0.4, -0.2) is 11.0 Å². The van der Waals surface area contributed by atoms with Crippen molar-refractivity contribution in [1.82, 2.24) is 4.98 Å². The Hall–Kier alpha value is -1.41. The molecular weight excluding hydrogens is 196 g/mol. The molecule has 2 nitrogen and oxygen atoms in total. The lowest BCUT2D eigenvalue weighted by Gasteiger charge is -2.12. The van der Waals surface area contributed by atoms with Crippen LogP contribution in [0.2, 0.25) is 0 Å². The van der Waals surface area contributed by atoms with E-state index in [4.69, 9.17) is 5.73 Å². The number of nitrogens with two attached hydrogens (primary N) is 1. The van der Waals surface area contributed by atoms with Gasteiger partial charge in [-0.15, -0.1) is 0 Å². The van der Waals surface area contributed by atoms with Gasteiger partial charge in [0.05, 0.1) is 0 Å². The normalized spacial score (nSPS) is 25.1. The van der Waals surface area contributed by atoms with Gasteiger partial charge in [0.15, 0.2) is 0 Å². The summed E-state index contributed by atoms with van der Waals surface area (Å²) in [5, 5.41) is 2.58. The Kier molecular flexibility index (Phi) is 2.37. The van der Waals surface area contributed by atoms with Gasteiger partial charge in [-0.2, -0.15) is 0 Å². The fourth-order valence-corrected chi connectivity index (χ4v) is 2.79. The van der Waals surface area contributed by atoms with Crippen molar-refractivity contribution in [3.8, 4) is 0 Å². The highest BCUT2D eigenvalue weighted by Gasteiger charge is 2.24. The molecule has 16 heavy (non-hydrogen) atoms. The molecule has 0 bridgehead atoms. The largest absolute Gasteiger partial charge is 0.328 e. The molecule has 1 aromatic carbocycles. The van der Waals surface area contributed by atoms with E-state index in [1.165, 1.54) is 22.8 Å². The molecular formula is C14H16N2. The Balaban J connectivity index is 2.09. The summed E-state index contributed by atoms with van der Waals surface area (Å²) >= 11 is 0. The second kappa shape index (κ2) is 3.87. The van der Waals surface area contributed by atoms with Crippen molar-refractivity contribution in [2.75, 3.05) is 0 Å². The number of rotatable bonds is 1. The molecule has 1 heterocycles. The molecule has 2 aromatic rings. The molecule has 3 rings (SSSR count). The zero-order chi connectivity index (χ0) is 11.0. The van der Waals surface area contributed by atoms with E-state index in [-0.39, 0.29) is 0 Å². The van der Waals surface area contributed by atoms with Crippen molar-refractivity contribution < 1.29 is 0 Å². The number of benzene rings is 1. The van der Waals surface area contributed by atoms with Crippen molar-refractivity contribution in [2.45, 2.75) is 31.2 Å². The number of hydrogen-bond acceptors (Lipinski definition) is 2. The van der Waals surface area contributed by atoms with Crippen LogP contribution in [0.3, 0.4) is 0 Å². The van der Waals surface area contributed by atoms with Gasteiger partial charge in [-0.25, -0.2) is 0 Å². The Morgan fingerprint density at radius 2 is 2.12 bits per heavy atom. The van der Waals surface area contributed by atoms with E-state index in [0.29, 0.717) is 12.0 Å². The second-order valence-electron chi connectivity index (χ2n) is 4.71. The molecule has 0 spiro atoms. The molecule has 0 aliphatic heterocycles. The van der Waals surface area contributed by atoms with Crippen LogP contribution in [-0.2, 0) is 0 Å². The molecule has 1 saturated carbocycles. The van der Waals surface area contributed by atoms with Crippen LogP contribution in [0.4, 0.5) is 0 Å². The quantitative estimate of drug-likeness (QED) is 0.789. The summed E-state index contributed by atoms with van der Waals surface area (Å²) in [7, 11) is 0. The Morgan fingerprint density at radius 1 is 1.19 bits per heavy atom. The number of pyridine rings is 1. The van der Waals surface area contributed by atoms with Crippen LogP contribution in [0, 0.1) is 0 Å². The van der Waals surface area contributed by atoms with Crippen molar-refractivity contribution in [3.05, 3.63) is 42.2 Å². The van der Waals surface area contributed by atoms with Crippen LogP contribution in [0.25, 0.3) is 10.8 Å². The second-order valence-corrected chi connectivity index (χ2v) is 4.71. The van der Waals surface area contributed by atoms with Gasteiger partial charge in [0, 0.05) is 23.8 Å². The Labute approximate surface area is 95.5 Å². The third-order valence-electron chi connectivity index (χ3n) is 3.63. The fraction of sp³-hybridized carbons (Fsp3) is 0.357. The molecule has 2 atom stereocenters. The van der Waals surface area contributed by atoms with Crippen LogP contribution >= 0.6 is 0 Å². The maximum atomic E-state index is 5.99. The van der Waals surface area contributed by atoms with Crippen molar-refractivity contribution in [3.63, 3.8) is 0 Å². The van der Waals surface area contributed by atoms with Crippen molar-refractivity contribution in [1.29, 1.82) is 0 Å². The molecule has 1 fully saturated rings. The SMILES string of the molecule is NC1CCC(c2cccc3ccncc23)C1. The van der Waals surface area contributed by atoms with Crippen LogP contribution in [0.1, 0.15) is 30.7 Å². The van der Waals surface area contributed by atoms with Gasteiger partial charge < -0.3 is 5.73 Å². The first kappa shape index (κ1) is 9.79. The standard InChI is InChI=1S/C14H16N2/c15-12-5-4-11(8-12)13-3-1-2-10-6-7-16-9-14(10)13/h1-3,6-7,9,11-12H,4-5,8,15H2. The first-order chi connectivity index (χ1) is 7.84. The maximum absolute atomic E-state index is 5.99. The predicted molar refractivity (Wildman–Crippen MR) is 66.3 cm³/mol. The van der Waals surface area contributed by atoms with Gasteiger partial charge in [-0.05, 0) is 42.2 Å². The third kappa shape index (κ3) is 1.59. The number of nitrogens with zero attached hydrogens (tertiary/aromatic N) is 1. The third-order valence-corrected chi connectivity index (χ3v) is 3.63. The zero-order valence-electron chi connectivity index (χ0n) is 9.26. The lowest BCUT2D eigenvalue weighted by molar-refractivity contribution is 0.677. The Morgan fingerprint density at radius 3 is 2.94 bits per heavy atom. The van der Waals surface area contributed by atoms with E-state index >= 15 is 0 Å². The zero-order valence-corrected chi connectivity index (χ0v) is 9.26. The fourth-order valence-electron chi connectivity index (χ4n) is 2.79. The maximum Gasteiger partial charge on any atom is 0.0349 e. The summed E-state index contributed by atoms with van der Waals surface area (Å²) in [4.78, 5) is 4.23. The molecule has 1 aliphatic rings. The number of hydrogen-bond donors (Lipinski definition) is 1. The topological polar surface area (TPSA) is 38.9 Å². The van der Waals surface area contributed by atoms with Gasteiger partial charge in [0.25, 0.3) is 0 Å². The lowest BCUT2D eigenvalue weighted by Crippen LogP contribution is -2.14. The minimum absolute atomic E-state index is 0.386. The Bertz CT molecular complexity index is 502. The smallest absolute Gasteiger partial charge is 0.0349 e. The first-order valence-corrected chi connectivity index (χ1v) is 5.93. The predicted octanol–water partition coefficient (Wildman–Crippen LogP) is 2.83. The van der Waals surface area contributed by atoms with Gasteiger partial charge in [-0.3, -0.25) is 4.98 Å². The average molecular weight is 212 g/mol. The number of aromatic nitrogens is 1. The van der Waals surface area contributed by atoms with Crippen molar-refractivity contribution >= 4 is 10.8 Å². The molecule has 2 unspecified atom stereocenters. The van der Waals surface area contributed by atoms with Gasteiger partial charge >= 0.3 is 0 Å². The summed E-state index contributed by atoms with van der Waals surface area (Å²) in [6, 6.07) is 8.98. The summed E-state index contributed by atoms with van der Waals surface area (Å²) in [6.45, 7) is 0. The monoisotopic (exact) mass is 212 g/mol. The summed E-state index contributed by atoms with van der Waals surface area (Å²) in [5.41, 5.74) is 7.42. The van der Waals surface area contributed by atoms with E-state index in [1.807, 2.05) is 12.4 Å². The molecule has 1 aromatic heterocycles. The highest BCUT2D eigenvalue weighted by molar-refractivity contribution is 5.85. The van der Waals surface area contributed by atoms with Gasteiger partial charge in [-0.1, -0.05) is 18.2 Å². The molecule has 2 heteroatoms. The van der Waals surface area contributed by atoms with E-state index in [2.05, 4.69) is 29.2 Å². The van der Waals surface area contributed by atoms with Crippen LogP contribution < -0.4 is 5.73 Å². The summed E-state index contributed by atoms with van der Waals surface area (Å²) in [5.74, 6) is 0.628.